The Kier molecular flexibility index (Phi) is 5.20. The molecule has 0 bridgehead atoms. The van der Waals surface area contributed by atoms with Crippen molar-refractivity contribution in [3.63, 3.8) is 0 Å². The number of likely N-dealkylation sites (tertiary alicyclic amines) is 2. The molecule has 2 aliphatic rings. The van der Waals surface area contributed by atoms with Crippen LogP contribution in [0.25, 0.3) is 0 Å². The number of aliphatic hydroxyl groups excluding tert-OH is 1. The second-order valence-electron chi connectivity index (χ2n) is 7.74. The maximum atomic E-state index is 12.1. The number of rotatable bonds is 5. The van der Waals surface area contributed by atoms with Crippen LogP contribution >= 0.6 is 0 Å². The van der Waals surface area contributed by atoms with Crippen molar-refractivity contribution in [1.82, 2.24) is 9.80 Å². The fourth-order valence-corrected chi connectivity index (χ4v) is 3.51. The first kappa shape index (κ1) is 18.0. The monoisotopic (exact) mass is 328 g/mol. The zero-order valence-corrected chi connectivity index (χ0v) is 14.2. The number of aliphatic carboxylic acids is 1. The lowest BCUT2D eigenvalue weighted by molar-refractivity contribution is -0.145. The Bertz CT molecular complexity index is 454. The van der Waals surface area contributed by atoms with Crippen LogP contribution in [-0.2, 0) is 9.53 Å². The zero-order valence-electron chi connectivity index (χ0n) is 14.2. The van der Waals surface area contributed by atoms with Crippen molar-refractivity contribution >= 4 is 12.1 Å². The molecule has 2 rings (SSSR count). The van der Waals surface area contributed by atoms with E-state index in [2.05, 4.69) is 4.90 Å². The van der Waals surface area contributed by atoms with Crippen molar-refractivity contribution < 1.29 is 24.5 Å². The van der Waals surface area contributed by atoms with Crippen LogP contribution < -0.4 is 0 Å². The SMILES string of the molecule is CC(C)(C)OC(=O)N1CC(CC(=O)O)(N2CCC(CCO)C2)C1. The molecule has 23 heavy (non-hydrogen) atoms. The van der Waals surface area contributed by atoms with Crippen LogP contribution in [0.1, 0.15) is 40.0 Å². The lowest BCUT2D eigenvalue weighted by atomic mass is 9.84. The van der Waals surface area contributed by atoms with Gasteiger partial charge in [-0.2, -0.15) is 0 Å². The molecule has 0 aromatic rings. The van der Waals surface area contributed by atoms with Gasteiger partial charge in [0.05, 0.1) is 12.0 Å². The van der Waals surface area contributed by atoms with E-state index in [0.29, 0.717) is 19.0 Å². The van der Waals surface area contributed by atoms with E-state index in [1.807, 2.05) is 20.8 Å². The fourth-order valence-electron chi connectivity index (χ4n) is 3.51. The van der Waals surface area contributed by atoms with Gasteiger partial charge in [0.15, 0.2) is 0 Å². The molecule has 0 saturated carbocycles. The number of ether oxygens (including phenoxy) is 1. The van der Waals surface area contributed by atoms with Crippen LogP contribution in [0, 0.1) is 5.92 Å². The summed E-state index contributed by atoms with van der Waals surface area (Å²) in [7, 11) is 0. The molecule has 2 heterocycles. The quantitative estimate of drug-likeness (QED) is 0.787. The van der Waals surface area contributed by atoms with E-state index >= 15 is 0 Å². The predicted molar refractivity (Wildman–Crippen MR) is 84.2 cm³/mol. The van der Waals surface area contributed by atoms with E-state index in [1.165, 1.54) is 0 Å². The summed E-state index contributed by atoms with van der Waals surface area (Å²) in [5.41, 5.74) is -1.05. The largest absolute Gasteiger partial charge is 0.481 e. The van der Waals surface area contributed by atoms with Crippen LogP contribution in [0.3, 0.4) is 0 Å². The van der Waals surface area contributed by atoms with Gasteiger partial charge in [-0.1, -0.05) is 0 Å². The van der Waals surface area contributed by atoms with E-state index in [1.54, 1.807) is 4.90 Å². The Morgan fingerprint density at radius 3 is 2.48 bits per heavy atom. The van der Waals surface area contributed by atoms with Crippen LogP contribution in [0.15, 0.2) is 0 Å². The van der Waals surface area contributed by atoms with E-state index < -0.39 is 17.1 Å². The summed E-state index contributed by atoms with van der Waals surface area (Å²) in [6.45, 7) is 7.99. The third-order valence-electron chi connectivity index (χ3n) is 4.60. The normalized spacial score (nSPS) is 24.3. The number of amides is 1. The lowest BCUT2D eigenvalue weighted by Gasteiger charge is -2.54. The highest BCUT2D eigenvalue weighted by Gasteiger charge is 2.53. The van der Waals surface area contributed by atoms with Gasteiger partial charge >= 0.3 is 12.1 Å². The number of carbonyl (C=O) groups excluding carboxylic acids is 1. The van der Waals surface area contributed by atoms with Crippen molar-refractivity contribution in [1.29, 1.82) is 0 Å². The number of carbonyl (C=O) groups is 2. The average molecular weight is 328 g/mol. The molecule has 0 aromatic carbocycles. The summed E-state index contributed by atoms with van der Waals surface area (Å²) in [5.74, 6) is -0.444. The zero-order chi connectivity index (χ0) is 17.3. The highest BCUT2D eigenvalue weighted by Crippen LogP contribution is 2.37. The highest BCUT2D eigenvalue weighted by atomic mass is 16.6. The maximum Gasteiger partial charge on any atom is 0.410 e. The number of carboxylic acid groups (broad SMARTS) is 1. The molecule has 1 unspecified atom stereocenters. The molecular weight excluding hydrogens is 300 g/mol. The van der Waals surface area contributed by atoms with Gasteiger partial charge in [0.2, 0.25) is 0 Å². The summed E-state index contributed by atoms with van der Waals surface area (Å²) in [6.07, 6.45) is 1.35. The summed E-state index contributed by atoms with van der Waals surface area (Å²) < 4.78 is 5.35. The fraction of sp³-hybridized carbons (Fsp3) is 0.875. The van der Waals surface area contributed by atoms with E-state index in [4.69, 9.17) is 9.84 Å². The van der Waals surface area contributed by atoms with Gasteiger partial charge in [-0.25, -0.2) is 4.79 Å². The molecular formula is C16H28N2O5. The number of hydrogen-bond acceptors (Lipinski definition) is 5. The highest BCUT2D eigenvalue weighted by molar-refractivity contribution is 5.73. The number of hydrogen-bond donors (Lipinski definition) is 2. The molecule has 2 fully saturated rings. The number of carboxylic acids is 1. The molecule has 1 amide bonds. The molecule has 2 saturated heterocycles. The van der Waals surface area contributed by atoms with Crippen LogP contribution in [0.4, 0.5) is 4.79 Å². The van der Waals surface area contributed by atoms with Crippen molar-refractivity contribution in [3.8, 4) is 0 Å². The van der Waals surface area contributed by atoms with Crippen molar-refractivity contribution in [2.24, 2.45) is 5.92 Å². The van der Waals surface area contributed by atoms with Gasteiger partial charge in [0, 0.05) is 26.2 Å². The molecule has 2 N–H and O–H groups in total. The molecule has 0 aromatic heterocycles. The first-order valence-electron chi connectivity index (χ1n) is 8.21. The molecule has 0 aliphatic carbocycles. The second kappa shape index (κ2) is 6.65. The Labute approximate surface area is 137 Å². The van der Waals surface area contributed by atoms with Gasteiger partial charge in [-0.05, 0) is 46.1 Å². The molecule has 7 heteroatoms. The topological polar surface area (TPSA) is 90.3 Å². The summed E-state index contributed by atoms with van der Waals surface area (Å²) in [6, 6.07) is 0. The van der Waals surface area contributed by atoms with Crippen LogP contribution in [0.2, 0.25) is 0 Å². The Morgan fingerprint density at radius 1 is 1.30 bits per heavy atom. The van der Waals surface area contributed by atoms with Crippen molar-refractivity contribution in [2.45, 2.75) is 51.2 Å². The minimum absolute atomic E-state index is 0.0259. The van der Waals surface area contributed by atoms with Gasteiger partial charge in [-0.15, -0.1) is 0 Å². The van der Waals surface area contributed by atoms with E-state index in [-0.39, 0.29) is 19.1 Å². The predicted octanol–water partition coefficient (Wildman–Crippen LogP) is 1.15. The first-order chi connectivity index (χ1) is 10.6. The molecule has 2 aliphatic heterocycles. The van der Waals surface area contributed by atoms with Crippen molar-refractivity contribution in [2.75, 3.05) is 32.8 Å². The number of nitrogens with zero attached hydrogens (tertiary/aromatic N) is 2. The minimum Gasteiger partial charge on any atom is -0.481 e. The number of aliphatic hydroxyl groups is 1. The van der Waals surface area contributed by atoms with Gasteiger partial charge in [0.25, 0.3) is 0 Å². The van der Waals surface area contributed by atoms with Gasteiger partial charge in [0.1, 0.15) is 5.60 Å². The molecule has 7 nitrogen and oxygen atoms in total. The van der Waals surface area contributed by atoms with E-state index in [0.717, 1.165) is 25.9 Å². The Morgan fingerprint density at radius 2 is 1.96 bits per heavy atom. The minimum atomic E-state index is -0.848. The molecule has 0 spiro atoms. The molecule has 132 valence electrons. The third kappa shape index (κ3) is 4.35. The Balaban J connectivity index is 1.98. The first-order valence-corrected chi connectivity index (χ1v) is 8.21. The molecule has 1 atom stereocenters. The summed E-state index contributed by atoms with van der Waals surface area (Å²) in [5, 5.41) is 18.3. The average Bonchev–Trinajstić information content (AvgIpc) is 2.80. The van der Waals surface area contributed by atoms with Crippen LogP contribution in [0.5, 0.6) is 0 Å². The van der Waals surface area contributed by atoms with Gasteiger partial charge < -0.3 is 19.8 Å². The Hall–Kier alpha value is -1.34. The van der Waals surface area contributed by atoms with Crippen LogP contribution in [-0.4, -0.2) is 76.0 Å². The lowest BCUT2D eigenvalue weighted by Crippen LogP contribution is -2.71. The second-order valence-corrected chi connectivity index (χ2v) is 7.74. The summed E-state index contributed by atoms with van der Waals surface area (Å²) >= 11 is 0. The third-order valence-corrected chi connectivity index (χ3v) is 4.60. The van der Waals surface area contributed by atoms with E-state index in [9.17, 15) is 14.7 Å². The maximum absolute atomic E-state index is 12.1. The van der Waals surface area contributed by atoms with Gasteiger partial charge in [-0.3, -0.25) is 9.69 Å². The van der Waals surface area contributed by atoms with Crippen molar-refractivity contribution in [3.05, 3.63) is 0 Å². The molecule has 0 radical (unpaired) electrons. The smallest absolute Gasteiger partial charge is 0.410 e. The standard InChI is InChI=1S/C16H28N2O5/c1-15(2,3)23-14(22)17-10-16(11-17,8-13(20)21)18-6-4-12(9-18)5-7-19/h12,19H,4-11H2,1-3H3,(H,20,21). The summed E-state index contributed by atoms with van der Waals surface area (Å²) in [4.78, 5) is 27.1.